The summed E-state index contributed by atoms with van der Waals surface area (Å²) in [6.07, 6.45) is 1.10. The largest absolute Gasteiger partial charge is 0.326 e. The van der Waals surface area contributed by atoms with E-state index >= 15 is 0 Å². The number of aryl methyl sites for hydroxylation is 2. The molecule has 0 radical (unpaired) electrons. The summed E-state index contributed by atoms with van der Waals surface area (Å²) in [5.41, 5.74) is 11.0. The molecule has 1 rings (SSSR count). The summed E-state index contributed by atoms with van der Waals surface area (Å²) >= 11 is 0. The highest BCUT2D eigenvalue weighted by Gasteiger charge is 2.01. The standard InChI is InChI=1S/C11H17N/c1-4-11-6-10(7-12)5-8(2)9(11)3/h5-6H,4,7,12H2,1-3H3. The van der Waals surface area contributed by atoms with E-state index in [1.165, 1.54) is 22.3 Å². The Morgan fingerprint density at radius 1 is 1.25 bits per heavy atom. The fourth-order valence-electron chi connectivity index (χ4n) is 1.50. The Kier molecular flexibility index (Phi) is 2.88. The van der Waals surface area contributed by atoms with Gasteiger partial charge in [0.15, 0.2) is 0 Å². The van der Waals surface area contributed by atoms with E-state index in [0.717, 1.165) is 6.42 Å². The van der Waals surface area contributed by atoms with E-state index < -0.39 is 0 Å². The number of hydrogen-bond acceptors (Lipinski definition) is 1. The molecule has 1 aromatic carbocycles. The van der Waals surface area contributed by atoms with Crippen molar-refractivity contribution in [1.29, 1.82) is 0 Å². The van der Waals surface area contributed by atoms with Gasteiger partial charge in [0.25, 0.3) is 0 Å². The topological polar surface area (TPSA) is 26.0 Å². The fourth-order valence-corrected chi connectivity index (χ4v) is 1.50. The van der Waals surface area contributed by atoms with Gasteiger partial charge in [-0.05, 0) is 42.5 Å². The normalized spacial score (nSPS) is 10.3. The molecule has 1 aromatic rings. The van der Waals surface area contributed by atoms with Gasteiger partial charge in [0.05, 0.1) is 0 Å². The van der Waals surface area contributed by atoms with Crippen LogP contribution in [0.5, 0.6) is 0 Å². The first-order valence-corrected chi connectivity index (χ1v) is 4.48. The smallest absolute Gasteiger partial charge is 0.0178 e. The van der Waals surface area contributed by atoms with Crippen molar-refractivity contribution in [3.8, 4) is 0 Å². The Hall–Kier alpha value is -0.820. The zero-order valence-electron chi connectivity index (χ0n) is 8.15. The highest BCUT2D eigenvalue weighted by molar-refractivity contribution is 5.37. The Morgan fingerprint density at radius 3 is 2.42 bits per heavy atom. The molecule has 0 heterocycles. The van der Waals surface area contributed by atoms with E-state index in [1.54, 1.807) is 0 Å². The van der Waals surface area contributed by atoms with E-state index in [2.05, 4.69) is 32.9 Å². The number of nitrogens with two attached hydrogens (primary N) is 1. The van der Waals surface area contributed by atoms with Crippen LogP contribution in [0.1, 0.15) is 29.2 Å². The van der Waals surface area contributed by atoms with Gasteiger partial charge in [0.2, 0.25) is 0 Å². The third kappa shape index (κ3) is 1.67. The molecule has 0 unspecified atom stereocenters. The van der Waals surface area contributed by atoms with Crippen molar-refractivity contribution >= 4 is 0 Å². The van der Waals surface area contributed by atoms with Gasteiger partial charge in [-0.1, -0.05) is 19.1 Å². The maximum Gasteiger partial charge on any atom is 0.0178 e. The second kappa shape index (κ2) is 3.72. The molecule has 66 valence electrons. The number of rotatable bonds is 2. The van der Waals surface area contributed by atoms with Gasteiger partial charge in [-0.3, -0.25) is 0 Å². The Labute approximate surface area is 74.6 Å². The quantitative estimate of drug-likeness (QED) is 0.711. The molecule has 0 aliphatic carbocycles. The van der Waals surface area contributed by atoms with Crippen molar-refractivity contribution < 1.29 is 0 Å². The summed E-state index contributed by atoms with van der Waals surface area (Å²) < 4.78 is 0. The van der Waals surface area contributed by atoms with Gasteiger partial charge in [-0.25, -0.2) is 0 Å². The highest BCUT2D eigenvalue weighted by atomic mass is 14.5. The lowest BCUT2D eigenvalue weighted by Crippen LogP contribution is -2.00. The average Bonchev–Trinajstić information content (AvgIpc) is 2.09. The first kappa shape index (κ1) is 9.27. The summed E-state index contributed by atoms with van der Waals surface area (Å²) in [4.78, 5) is 0. The molecule has 12 heavy (non-hydrogen) atoms. The van der Waals surface area contributed by atoms with E-state index in [4.69, 9.17) is 5.73 Å². The second-order valence-electron chi connectivity index (χ2n) is 3.25. The SMILES string of the molecule is CCc1cc(CN)cc(C)c1C. The van der Waals surface area contributed by atoms with Crippen molar-refractivity contribution in [3.05, 3.63) is 34.4 Å². The average molecular weight is 163 g/mol. The molecule has 0 atom stereocenters. The molecule has 0 fully saturated rings. The summed E-state index contributed by atoms with van der Waals surface area (Å²) in [5.74, 6) is 0. The number of benzene rings is 1. The molecule has 1 nitrogen and oxygen atoms in total. The predicted octanol–water partition coefficient (Wildman–Crippen LogP) is 2.32. The monoisotopic (exact) mass is 163 g/mol. The van der Waals surface area contributed by atoms with Crippen LogP contribution >= 0.6 is 0 Å². The lowest BCUT2D eigenvalue weighted by molar-refractivity contribution is 1.02. The Balaban J connectivity index is 3.19. The molecule has 0 aromatic heterocycles. The van der Waals surface area contributed by atoms with E-state index in [1.807, 2.05) is 0 Å². The van der Waals surface area contributed by atoms with Crippen LogP contribution in [0.4, 0.5) is 0 Å². The van der Waals surface area contributed by atoms with E-state index in [-0.39, 0.29) is 0 Å². The summed E-state index contributed by atoms with van der Waals surface area (Å²) in [6.45, 7) is 7.15. The Bertz CT molecular complexity index is 277. The van der Waals surface area contributed by atoms with Gasteiger partial charge >= 0.3 is 0 Å². The Morgan fingerprint density at radius 2 is 1.92 bits per heavy atom. The van der Waals surface area contributed by atoms with Gasteiger partial charge < -0.3 is 5.73 Å². The molecule has 1 heteroatoms. The molecule has 0 saturated carbocycles. The van der Waals surface area contributed by atoms with Crippen molar-refractivity contribution in [3.63, 3.8) is 0 Å². The third-order valence-corrected chi connectivity index (χ3v) is 2.45. The van der Waals surface area contributed by atoms with Crippen molar-refractivity contribution in [2.45, 2.75) is 33.7 Å². The van der Waals surface area contributed by atoms with Crippen LogP contribution in [0.3, 0.4) is 0 Å². The predicted molar refractivity (Wildman–Crippen MR) is 53.2 cm³/mol. The van der Waals surface area contributed by atoms with Crippen LogP contribution in [-0.4, -0.2) is 0 Å². The first-order chi connectivity index (χ1) is 5.69. The first-order valence-electron chi connectivity index (χ1n) is 4.48. The second-order valence-corrected chi connectivity index (χ2v) is 3.25. The molecule has 0 spiro atoms. The van der Waals surface area contributed by atoms with Crippen LogP contribution in [0.15, 0.2) is 12.1 Å². The minimum atomic E-state index is 0.647. The summed E-state index contributed by atoms with van der Waals surface area (Å²) in [5, 5.41) is 0. The van der Waals surface area contributed by atoms with Crippen LogP contribution in [0.25, 0.3) is 0 Å². The lowest BCUT2D eigenvalue weighted by atomic mass is 9.98. The molecule has 0 bridgehead atoms. The van der Waals surface area contributed by atoms with Crippen molar-refractivity contribution in [2.75, 3.05) is 0 Å². The lowest BCUT2D eigenvalue weighted by Gasteiger charge is -2.09. The fraction of sp³-hybridized carbons (Fsp3) is 0.455. The van der Waals surface area contributed by atoms with Crippen LogP contribution < -0.4 is 5.73 Å². The molecule has 2 N–H and O–H groups in total. The van der Waals surface area contributed by atoms with Crippen molar-refractivity contribution in [1.82, 2.24) is 0 Å². The minimum Gasteiger partial charge on any atom is -0.326 e. The van der Waals surface area contributed by atoms with Gasteiger partial charge in [0.1, 0.15) is 0 Å². The van der Waals surface area contributed by atoms with Crippen LogP contribution in [0.2, 0.25) is 0 Å². The van der Waals surface area contributed by atoms with E-state index in [0.29, 0.717) is 6.54 Å². The number of hydrogen-bond donors (Lipinski definition) is 1. The highest BCUT2D eigenvalue weighted by Crippen LogP contribution is 2.16. The zero-order chi connectivity index (χ0) is 9.14. The maximum absolute atomic E-state index is 5.59. The maximum atomic E-state index is 5.59. The van der Waals surface area contributed by atoms with Gasteiger partial charge in [0, 0.05) is 6.54 Å². The van der Waals surface area contributed by atoms with E-state index in [9.17, 15) is 0 Å². The molecular weight excluding hydrogens is 146 g/mol. The molecule has 0 aliphatic heterocycles. The molecule has 0 aliphatic rings. The van der Waals surface area contributed by atoms with Crippen LogP contribution in [-0.2, 0) is 13.0 Å². The zero-order valence-corrected chi connectivity index (χ0v) is 8.15. The van der Waals surface area contributed by atoms with Gasteiger partial charge in [-0.15, -0.1) is 0 Å². The molecular formula is C11H17N. The summed E-state index contributed by atoms with van der Waals surface area (Å²) in [6, 6.07) is 4.39. The summed E-state index contributed by atoms with van der Waals surface area (Å²) in [7, 11) is 0. The van der Waals surface area contributed by atoms with Crippen LogP contribution in [0, 0.1) is 13.8 Å². The molecule has 0 saturated heterocycles. The van der Waals surface area contributed by atoms with Crippen molar-refractivity contribution in [2.24, 2.45) is 5.73 Å². The van der Waals surface area contributed by atoms with Gasteiger partial charge in [-0.2, -0.15) is 0 Å². The molecule has 0 amide bonds. The minimum absolute atomic E-state index is 0.647. The third-order valence-electron chi connectivity index (χ3n) is 2.45.